The second-order valence-corrected chi connectivity index (χ2v) is 5.95. The van der Waals surface area contributed by atoms with Crippen molar-refractivity contribution in [2.45, 2.75) is 0 Å². The number of benzene rings is 1. The third-order valence-electron chi connectivity index (χ3n) is 1.52. The molecule has 0 heterocycles. The minimum absolute atomic E-state index is 0. The Kier molecular flexibility index (Phi) is 16.5. The Morgan fingerprint density at radius 2 is 1.59 bits per heavy atom. The summed E-state index contributed by atoms with van der Waals surface area (Å²) in [4.78, 5) is 12.3. The summed E-state index contributed by atoms with van der Waals surface area (Å²) in [5.41, 5.74) is 0.868. The first kappa shape index (κ1) is 22.3. The third kappa shape index (κ3) is 12.4. The van der Waals surface area contributed by atoms with Crippen LogP contribution in [0.15, 0.2) is 30.3 Å². The molecule has 1 rings (SSSR count). The SMILES string of the molecule is [CH2-]C(=O)N(C)c1ccccc1.[CH2-][N](C)[Pb].[CH3-].[W]. The quantitative estimate of drug-likeness (QED) is 0.364. The van der Waals surface area contributed by atoms with Crippen molar-refractivity contribution >= 4 is 37.7 Å². The van der Waals surface area contributed by atoms with Gasteiger partial charge in [0.2, 0.25) is 0 Å². The van der Waals surface area contributed by atoms with E-state index >= 15 is 0 Å². The molecule has 1 amide bonds. The Balaban J connectivity index is -0.000000289. The molecule has 17 heavy (non-hydrogen) atoms. The van der Waals surface area contributed by atoms with E-state index in [9.17, 15) is 4.79 Å². The number of carbonyl (C=O) groups is 1. The van der Waals surface area contributed by atoms with Gasteiger partial charge in [0.25, 0.3) is 0 Å². The van der Waals surface area contributed by atoms with Crippen LogP contribution < -0.4 is 4.90 Å². The van der Waals surface area contributed by atoms with Crippen LogP contribution in [0.25, 0.3) is 0 Å². The van der Waals surface area contributed by atoms with Crippen molar-refractivity contribution < 1.29 is 25.9 Å². The van der Waals surface area contributed by atoms with Crippen LogP contribution in [0.5, 0.6) is 0 Å². The van der Waals surface area contributed by atoms with Crippen LogP contribution in [0.4, 0.5) is 5.69 Å². The Hall–Kier alpha value is 0.130. The van der Waals surface area contributed by atoms with E-state index < -0.39 is 0 Å². The average Bonchev–Trinajstić information content (AvgIpc) is 2.17. The van der Waals surface area contributed by atoms with E-state index in [1.165, 1.54) is 4.90 Å². The van der Waals surface area contributed by atoms with Gasteiger partial charge in [0, 0.05) is 33.8 Å². The predicted molar refractivity (Wildman–Crippen MR) is 70.5 cm³/mol. The number of rotatable bonds is 1. The molecule has 95 valence electrons. The van der Waals surface area contributed by atoms with Crippen LogP contribution in [-0.2, 0) is 25.9 Å². The molecule has 0 atom stereocenters. The fourth-order valence-electron chi connectivity index (χ4n) is 0.796. The standard InChI is InChI=1S/C9H10NO.C2H5N.CH3.Pb.W/c1-8(11)10(2)9-6-4-3-5-7-9;1-3-2;;;/h3-7H,1H2,2H3;1H2,2H3;1H3;;/q-1;-2;-1;+1;. The number of carbonyl (C=O) groups excluding carboxylic acids is 1. The van der Waals surface area contributed by atoms with E-state index in [2.05, 4.69) is 14.0 Å². The van der Waals surface area contributed by atoms with Crippen molar-refractivity contribution in [2.24, 2.45) is 0 Å². The topological polar surface area (TPSA) is 23.6 Å². The number of amides is 1. The zero-order valence-corrected chi connectivity index (χ0v) is 17.3. The first-order valence-corrected chi connectivity index (χ1v) is 6.09. The van der Waals surface area contributed by atoms with Gasteiger partial charge in [0.15, 0.2) is 0 Å². The van der Waals surface area contributed by atoms with Crippen molar-refractivity contribution in [2.75, 3.05) is 19.0 Å². The largest absolute Gasteiger partial charge is 0.358 e. The summed E-state index contributed by atoms with van der Waals surface area (Å²) < 4.78 is 1.89. The van der Waals surface area contributed by atoms with Gasteiger partial charge in [-0.3, -0.25) is 0 Å². The molecule has 0 spiro atoms. The number of hydrogen-bond acceptors (Lipinski definition) is 2. The van der Waals surface area contributed by atoms with Crippen LogP contribution >= 0.6 is 0 Å². The monoisotopic (exact) mass is 598 g/mol. The van der Waals surface area contributed by atoms with Gasteiger partial charge in [-0.1, -0.05) is 18.2 Å². The van der Waals surface area contributed by atoms with Gasteiger partial charge in [-0.05, 0) is 12.1 Å². The first-order valence-electron chi connectivity index (χ1n) is 4.35. The summed E-state index contributed by atoms with van der Waals surface area (Å²) in [5, 5.41) is 0. The summed E-state index contributed by atoms with van der Waals surface area (Å²) in [5.74, 6) is -0.198. The minimum Gasteiger partial charge on any atom is -0.358 e. The van der Waals surface area contributed by atoms with Crippen molar-refractivity contribution in [1.29, 1.82) is 0 Å². The molecule has 0 bridgehead atoms. The summed E-state index contributed by atoms with van der Waals surface area (Å²) in [6, 6.07) is 9.40. The van der Waals surface area contributed by atoms with Crippen LogP contribution in [0.2, 0.25) is 0 Å². The van der Waals surface area contributed by atoms with Gasteiger partial charge in [-0.15, -0.1) is 0 Å². The van der Waals surface area contributed by atoms with E-state index in [0.717, 1.165) is 31.8 Å². The number of para-hydroxylation sites is 1. The molecular formula is C12H18N2OPbW-3. The Bertz CT molecular complexity index is 291. The number of nitrogens with zero attached hydrogens (tertiary/aromatic N) is 2. The molecule has 1 aromatic carbocycles. The van der Waals surface area contributed by atoms with Crippen LogP contribution in [0.1, 0.15) is 0 Å². The van der Waals surface area contributed by atoms with E-state index in [1.807, 2.05) is 40.1 Å². The summed E-state index contributed by atoms with van der Waals surface area (Å²) in [7, 11) is 7.18. The molecule has 3 radical (unpaired) electrons. The molecule has 0 aliphatic carbocycles. The van der Waals surface area contributed by atoms with Crippen LogP contribution in [0.3, 0.4) is 0 Å². The minimum atomic E-state index is -0.198. The zero-order valence-electron chi connectivity index (χ0n) is 10.5. The maximum atomic E-state index is 10.8. The molecule has 0 N–H and O–H groups in total. The summed E-state index contributed by atoms with van der Waals surface area (Å²) >= 11 is 1.07. The summed E-state index contributed by atoms with van der Waals surface area (Å²) in [6.45, 7) is 3.30. The van der Waals surface area contributed by atoms with Crippen molar-refractivity contribution in [1.82, 2.24) is 2.71 Å². The van der Waals surface area contributed by atoms with Crippen LogP contribution in [-0.4, -0.2) is 48.8 Å². The van der Waals surface area contributed by atoms with E-state index in [4.69, 9.17) is 0 Å². The zero-order chi connectivity index (χ0) is 11.8. The molecule has 0 unspecified atom stereocenters. The summed E-state index contributed by atoms with van der Waals surface area (Å²) in [6.07, 6.45) is 0. The van der Waals surface area contributed by atoms with Crippen molar-refractivity contribution in [3.8, 4) is 0 Å². The molecule has 0 fully saturated rings. The number of hydrogen-bond donors (Lipinski definition) is 0. The van der Waals surface area contributed by atoms with Gasteiger partial charge in [-0.2, -0.15) is 0 Å². The molecule has 1 aromatic rings. The van der Waals surface area contributed by atoms with Gasteiger partial charge in [-0.25, -0.2) is 0 Å². The van der Waals surface area contributed by atoms with Crippen molar-refractivity contribution in [3.63, 3.8) is 0 Å². The maximum absolute atomic E-state index is 10.8. The molecular weight excluding hydrogens is 579 g/mol. The predicted octanol–water partition coefficient (Wildman–Crippen LogP) is 1.72. The molecule has 0 aromatic heterocycles. The molecule has 0 aliphatic heterocycles. The van der Waals surface area contributed by atoms with E-state index in [1.54, 1.807) is 7.05 Å². The Morgan fingerprint density at radius 1 is 1.24 bits per heavy atom. The van der Waals surface area contributed by atoms with Gasteiger partial charge < -0.3 is 24.0 Å². The number of anilines is 1. The molecule has 0 saturated heterocycles. The smallest absolute Gasteiger partial charge is 0 e. The molecule has 0 saturated carbocycles. The molecule has 0 aliphatic rings. The Morgan fingerprint density at radius 3 is 1.88 bits per heavy atom. The van der Waals surface area contributed by atoms with E-state index in [-0.39, 0.29) is 34.4 Å². The Labute approximate surface area is 136 Å². The second kappa shape index (κ2) is 12.6. The van der Waals surface area contributed by atoms with Gasteiger partial charge in [0.05, 0.1) is 5.91 Å². The maximum Gasteiger partial charge on any atom is 0 e. The fourth-order valence-corrected chi connectivity index (χ4v) is 0.796. The van der Waals surface area contributed by atoms with Crippen LogP contribution in [0, 0.1) is 21.4 Å². The molecule has 5 heteroatoms. The van der Waals surface area contributed by atoms with Gasteiger partial charge >= 0.3 is 42.9 Å². The van der Waals surface area contributed by atoms with E-state index in [0.29, 0.717) is 0 Å². The molecule has 3 nitrogen and oxygen atoms in total. The third-order valence-corrected chi connectivity index (χ3v) is 1.52. The van der Waals surface area contributed by atoms with Gasteiger partial charge in [0.1, 0.15) is 0 Å². The second-order valence-electron chi connectivity index (χ2n) is 2.99. The average molecular weight is 597 g/mol. The van der Waals surface area contributed by atoms with Crippen molar-refractivity contribution in [3.05, 3.63) is 51.7 Å². The fraction of sp³-hybridized carbons (Fsp3) is 0.167. The normalized spacial score (nSPS) is 8.06. The first-order chi connectivity index (χ1) is 6.95.